The molecule has 0 unspecified atom stereocenters. The Balaban J connectivity index is 1.66. The molecule has 0 aliphatic carbocycles. The van der Waals surface area contributed by atoms with Crippen LogP contribution in [0.5, 0.6) is 0 Å². The van der Waals surface area contributed by atoms with E-state index < -0.39 is 0 Å². The fourth-order valence-corrected chi connectivity index (χ4v) is 3.49. The van der Waals surface area contributed by atoms with Gasteiger partial charge in [0.25, 0.3) is 0 Å². The second-order valence-electron chi connectivity index (χ2n) is 5.59. The molecule has 1 atom stereocenters. The van der Waals surface area contributed by atoms with Gasteiger partial charge in [0.15, 0.2) is 0 Å². The molecule has 22 heavy (non-hydrogen) atoms. The molecule has 1 saturated heterocycles. The predicted octanol–water partition coefficient (Wildman–Crippen LogP) is 2.21. The van der Waals surface area contributed by atoms with Crippen LogP contribution in [0.25, 0.3) is 0 Å². The van der Waals surface area contributed by atoms with Crippen molar-refractivity contribution in [3.05, 3.63) is 29.8 Å². The third kappa shape index (κ3) is 3.59. The molecule has 2 heterocycles. The summed E-state index contributed by atoms with van der Waals surface area (Å²) in [6.45, 7) is 1.59. The number of tetrazole rings is 1. The first-order valence-corrected chi connectivity index (χ1v) is 8.48. The Labute approximate surface area is 134 Å². The molecule has 0 bridgehead atoms. The second kappa shape index (κ2) is 7.11. The molecule has 7 heteroatoms. The standard InChI is InChI=1S/C15H21N5OS/c1-19(2)14-8-4-3-6-12(14)11-22-15-16-17-18-20(15)10-13-7-5-9-21-13/h3-4,6,8,13H,5,7,9-11H2,1-2H3/t13-/m1/s1. The number of ether oxygens (including phenoxy) is 1. The van der Waals surface area contributed by atoms with Crippen LogP contribution in [0.3, 0.4) is 0 Å². The van der Waals surface area contributed by atoms with E-state index in [4.69, 9.17) is 4.74 Å². The van der Waals surface area contributed by atoms with Gasteiger partial charge in [-0.2, -0.15) is 0 Å². The normalized spacial score (nSPS) is 17.8. The molecule has 1 aliphatic rings. The molecule has 0 saturated carbocycles. The van der Waals surface area contributed by atoms with Crippen LogP contribution >= 0.6 is 11.8 Å². The van der Waals surface area contributed by atoms with Gasteiger partial charge in [0.1, 0.15) is 0 Å². The Kier molecular flexibility index (Phi) is 4.94. The zero-order chi connectivity index (χ0) is 15.4. The van der Waals surface area contributed by atoms with Crippen molar-refractivity contribution in [2.24, 2.45) is 0 Å². The van der Waals surface area contributed by atoms with E-state index in [1.807, 2.05) is 4.68 Å². The molecule has 1 fully saturated rings. The molecule has 1 aromatic heterocycles. The molecular formula is C15H21N5OS. The second-order valence-corrected chi connectivity index (χ2v) is 6.53. The highest BCUT2D eigenvalue weighted by Gasteiger charge is 2.19. The van der Waals surface area contributed by atoms with Gasteiger partial charge in [0.05, 0.1) is 12.6 Å². The van der Waals surface area contributed by atoms with Gasteiger partial charge in [0, 0.05) is 32.1 Å². The first-order chi connectivity index (χ1) is 10.7. The van der Waals surface area contributed by atoms with Gasteiger partial charge < -0.3 is 9.64 Å². The lowest BCUT2D eigenvalue weighted by atomic mass is 10.2. The fourth-order valence-electron chi connectivity index (χ4n) is 2.61. The minimum absolute atomic E-state index is 0.247. The SMILES string of the molecule is CN(C)c1ccccc1CSc1nnnn1C[C@H]1CCCO1. The summed E-state index contributed by atoms with van der Waals surface area (Å²) in [7, 11) is 4.12. The largest absolute Gasteiger partial charge is 0.377 e. The minimum atomic E-state index is 0.247. The minimum Gasteiger partial charge on any atom is -0.377 e. The van der Waals surface area contributed by atoms with Crippen molar-refractivity contribution in [1.29, 1.82) is 0 Å². The predicted molar refractivity (Wildman–Crippen MR) is 87.1 cm³/mol. The number of anilines is 1. The molecule has 3 rings (SSSR count). The Hall–Kier alpha value is -1.60. The Morgan fingerprint density at radius 2 is 2.23 bits per heavy atom. The number of nitrogens with zero attached hydrogens (tertiary/aromatic N) is 5. The van der Waals surface area contributed by atoms with Crippen molar-refractivity contribution in [2.45, 2.75) is 36.4 Å². The summed E-state index contributed by atoms with van der Waals surface area (Å²) in [6.07, 6.45) is 2.47. The van der Waals surface area contributed by atoms with Gasteiger partial charge in [-0.1, -0.05) is 30.0 Å². The number of hydrogen-bond acceptors (Lipinski definition) is 6. The summed E-state index contributed by atoms with van der Waals surface area (Å²) >= 11 is 1.67. The van der Waals surface area contributed by atoms with Crippen LogP contribution in [0.2, 0.25) is 0 Å². The summed E-state index contributed by atoms with van der Waals surface area (Å²) in [5.41, 5.74) is 2.51. The topological polar surface area (TPSA) is 56.1 Å². The number of thioether (sulfide) groups is 1. The number of rotatable bonds is 6. The van der Waals surface area contributed by atoms with E-state index in [-0.39, 0.29) is 6.10 Å². The van der Waals surface area contributed by atoms with Crippen molar-refractivity contribution in [3.8, 4) is 0 Å². The highest BCUT2D eigenvalue weighted by atomic mass is 32.2. The average Bonchev–Trinajstić information content (AvgIpc) is 3.18. The van der Waals surface area contributed by atoms with Crippen LogP contribution in [-0.2, 0) is 17.0 Å². The van der Waals surface area contributed by atoms with Crippen molar-refractivity contribution >= 4 is 17.4 Å². The molecule has 2 aromatic rings. The number of benzene rings is 1. The zero-order valence-electron chi connectivity index (χ0n) is 13.0. The van der Waals surface area contributed by atoms with Crippen molar-refractivity contribution < 1.29 is 4.74 Å². The van der Waals surface area contributed by atoms with E-state index in [9.17, 15) is 0 Å². The summed E-state index contributed by atoms with van der Waals surface area (Å²) in [4.78, 5) is 2.13. The molecule has 0 N–H and O–H groups in total. The van der Waals surface area contributed by atoms with Gasteiger partial charge in [0.2, 0.25) is 5.16 Å². The van der Waals surface area contributed by atoms with Gasteiger partial charge >= 0.3 is 0 Å². The van der Waals surface area contributed by atoms with Gasteiger partial charge in [-0.15, -0.1) is 5.10 Å². The molecule has 0 radical (unpaired) electrons. The number of aromatic nitrogens is 4. The monoisotopic (exact) mass is 319 g/mol. The van der Waals surface area contributed by atoms with E-state index in [2.05, 4.69) is 58.8 Å². The molecule has 1 aromatic carbocycles. The van der Waals surface area contributed by atoms with E-state index in [1.54, 1.807) is 11.8 Å². The lowest BCUT2D eigenvalue weighted by Gasteiger charge is -2.17. The Morgan fingerprint density at radius 1 is 1.36 bits per heavy atom. The zero-order valence-corrected chi connectivity index (χ0v) is 13.8. The van der Waals surface area contributed by atoms with Crippen LogP contribution in [0.15, 0.2) is 29.4 Å². The highest BCUT2D eigenvalue weighted by molar-refractivity contribution is 7.98. The quantitative estimate of drug-likeness (QED) is 0.761. The smallest absolute Gasteiger partial charge is 0.209 e. The van der Waals surface area contributed by atoms with Crippen molar-refractivity contribution in [3.63, 3.8) is 0 Å². The van der Waals surface area contributed by atoms with Crippen molar-refractivity contribution in [1.82, 2.24) is 20.2 Å². The molecular weight excluding hydrogens is 298 g/mol. The molecule has 0 spiro atoms. The number of hydrogen-bond donors (Lipinski definition) is 0. The summed E-state index contributed by atoms with van der Waals surface area (Å²) in [5, 5.41) is 12.9. The third-order valence-electron chi connectivity index (χ3n) is 3.73. The molecule has 1 aliphatic heterocycles. The molecule has 118 valence electrons. The van der Waals surface area contributed by atoms with E-state index in [0.717, 1.165) is 36.9 Å². The molecule has 0 amide bonds. The molecule has 6 nitrogen and oxygen atoms in total. The van der Waals surface area contributed by atoms with E-state index >= 15 is 0 Å². The van der Waals surface area contributed by atoms with E-state index in [1.165, 1.54) is 11.3 Å². The Bertz CT molecular complexity index is 609. The highest BCUT2D eigenvalue weighted by Crippen LogP contribution is 2.27. The van der Waals surface area contributed by atoms with Crippen LogP contribution in [0.4, 0.5) is 5.69 Å². The van der Waals surface area contributed by atoms with Gasteiger partial charge in [-0.05, 0) is 34.9 Å². The number of para-hydroxylation sites is 1. The maximum Gasteiger partial charge on any atom is 0.209 e. The summed E-state index contributed by atoms with van der Waals surface area (Å²) in [5.74, 6) is 0.847. The maximum absolute atomic E-state index is 5.66. The van der Waals surface area contributed by atoms with Crippen LogP contribution in [-0.4, -0.2) is 47.0 Å². The first kappa shape index (κ1) is 15.3. The van der Waals surface area contributed by atoms with Gasteiger partial charge in [-0.25, -0.2) is 4.68 Å². The lowest BCUT2D eigenvalue weighted by Crippen LogP contribution is -2.17. The first-order valence-electron chi connectivity index (χ1n) is 7.50. The van der Waals surface area contributed by atoms with Gasteiger partial charge in [-0.3, -0.25) is 0 Å². The van der Waals surface area contributed by atoms with Crippen LogP contribution in [0, 0.1) is 0 Å². The third-order valence-corrected chi connectivity index (χ3v) is 4.74. The van der Waals surface area contributed by atoms with Crippen LogP contribution in [0.1, 0.15) is 18.4 Å². The fraction of sp³-hybridized carbons (Fsp3) is 0.533. The lowest BCUT2D eigenvalue weighted by molar-refractivity contribution is 0.0912. The summed E-state index contributed by atoms with van der Waals surface area (Å²) in [6, 6.07) is 8.41. The average molecular weight is 319 g/mol. The van der Waals surface area contributed by atoms with Crippen LogP contribution < -0.4 is 4.90 Å². The van der Waals surface area contributed by atoms with E-state index in [0.29, 0.717) is 0 Å². The maximum atomic E-state index is 5.66. The summed E-state index contributed by atoms with van der Waals surface area (Å²) < 4.78 is 7.52. The Morgan fingerprint density at radius 3 is 3.00 bits per heavy atom. The van der Waals surface area contributed by atoms with Crippen molar-refractivity contribution in [2.75, 3.05) is 25.6 Å².